The Bertz CT molecular complexity index is 924. The Balaban J connectivity index is 1.37. The quantitative estimate of drug-likeness (QED) is 0.727. The molecule has 0 spiro atoms. The molecular formula is C22H23FN4O. The van der Waals surface area contributed by atoms with E-state index in [0.717, 1.165) is 43.5 Å². The number of carbonyl (C=O) groups is 1. The van der Waals surface area contributed by atoms with Crippen LogP contribution in [-0.4, -0.2) is 39.1 Å². The smallest absolute Gasteiger partial charge is 0.253 e. The summed E-state index contributed by atoms with van der Waals surface area (Å²) < 4.78 is 13.8. The van der Waals surface area contributed by atoms with Gasteiger partial charge in [-0.2, -0.15) is 5.10 Å². The highest BCUT2D eigenvalue weighted by molar-refractivity contribution is 5.94. The number of aromatic nitrogens is 3. The summed E-state index contributed by atoms with van der Waals surface area (Å²) in [5.74, 6) is 1.01. The van der Waals surface area contributed by atoms with Gasteiger partial charge in [0.05, 0.1) is 0 Å². The third-order valence-corrected chi connectivity index (χ3v) is 5.41. The van der Waals surface area contributed by atoms with Crippen molar-refractivity contribution in [2.75, 3.05) is 13.1 Å². The van der Waals surface area contributed by atoms with Gasteiger partial charge in [0.15, 0.2) is 5.82 Å². The van der Waals surface area contributed by atoms with E-state index in [1.165, 1.54) is 12.4 Å². The van der Waals surface area contributed by atoms with E-state index in [9.17, 15) is 9.18 Å². The van der Waals surface area contributed by atoms with Gasteiger partial charge < -0.3 is 4.90 Å². The number of nitrogens with one attached hydrogen (secondary N) is 1. The van der Waals surface area contributed by atoms with Crippen molar-refractivity contribution in [1.29, 1.82) is 0 Å². The van der Waals surface area contributed by atoms with Crippen molar-refractivity contribution >= 4 is 5.91 Å². The fraction of sp³-hybridized carbons (Fsp3) is 0.318. The molecule has 0 bridgehead atoms. The highest BCUT2D eigenvalue weighted by Crippen LogP contribution is 2.24. The molecule has 144 valence electrons. The number of likely N-dealkylation sites (tertiary alicyclic amines) is 1. The fourth-order valence-electron chi connectivity index (χ4n) is 3.84. The van der Waals surface area contributed by atoms with Crippen LogP contribution in [0.2, 0.25) is 0 Å². The summed E-state index contributed by atoms with van der Waals surface area (Å²) in [7, 11) is 0. The van der Waals surface area contributed by atoms with E-state index in [1.807, 2.05) is 41.3 Å². The van der Waals surface area contributed by atoms with Crippen LogP contribution in [0.4, 0.5) is 4.39 Å². The summed E-state index contributed by atoms with van der Waals surface area (Å²) in [5.41, 5.74) is 2.34. The van der Waals surface area contributed by atoms with Crippen LogP contribution in [0, 0.1) is 11.7 Å². The molecule has 2 aromatic carbocycles. The molecule has 6 heteroatoms. The lowest BCUT2D eigenvalue weighted by Gasteiger charge is -2.33. The first-order chi connectivity index (χ1) is 13.7. The molecule has 4 rings (SSSR count). The molecule has 1 amide bonds. The van der Waals surface area contributed by atoms with Crippen LogP contribution in [0.1, 0.15) is 35.2 Å². The molecule has 1 aliphatic rings. The average Bonchev–Trinajstić information content (AvgIpc) is 3.28. The van der Waals surface area contributed by atoms with Gasteiger partial charge in [0.25, 0.3) is 5.91 Å². The van der Waals surface area contributed by atoms with Gasteiger partial charge in [-0.05, 0) is 55.4 Å². The third kappa shape index (κ3) is 4.11. The zero-order chi connectivity index (χ0) is 19.3. The first kappa shape index (κ1) is 18.3. The number of benzene rings is 2. The summed E-state index contributed by atoms with van der Waals surface area (Å²) in [4.78, 5) is 19.0. The summed E-state index contributed by atoms with van der Waals surface area (Å²) in [5, 5.41) is 6.67. The Morgan fingerprint density at radius 2 is 2.00 bits per heavy atom. The third-order valence-electron chi connectivity index (χ3n) is 5.41. The molecule has 3 aromatic rings. The predicted molar refractivity (Wildman–Crippen MR) is 105 cm³/mol. The predicted octanol–water partition coefficient (Wildman–Crippen LogP) is 4.10. The Labute approximate surface area is 163 Å². The molecule has 1 fully saturated rings. The first-order valence-corrected chi connectivity index (χ1v) is 9.69. The summed E-state index contributed by atoms with van der Waals surface area (Å²) in [6.45, 7) is 1.51. The van der Waals surface area contributed by atoms with Gasteiger partial charge in [0.2, 0.25) is 0 Å². The maximum absolute atomic E-state index is 13.8. The van der Waals surface area contributed by atoms with E-state index in [0.29, 0.717) is 23.7 Å². The van der Waals surface area contributed by atoms with Gasteiger partial charge in [0.1, 0.15) is 12.1 Å². The molecule has 0 unspecified atom stereocenters. The second-order valence-electron chi connectivity index (χ2n) is 7.30. The van der Waals surface area contributed by atoms with Crippen molar-refractivity contribution < 1.29 is 9.18 Å². The molecule has 0 saturated carbocycles. The van der Waals surface area contributed by atoms with Crippen molar-refractivity contribution in [2.45, 2.75) is 25.7 Å². The van der Waals surface area contributed by atoms with E-state index in [-0.39, 0.29) is 11.7 Å². The molecule has 1 saturated heterocycles. The van der Waals surface area contributed by atoms with Gasteiger partial charge >= 0.3 is 0 Å². The maximum Gasteiger partial charge on any atom is 0.253 e. The number of rotatable bonds is 5. The summed E-state index contributed by atoms with van der Waals surface area (Å²) >= 11 is 0. The molecule has 1 atom stereocenters. The SMILES string of the molecule is O=C(c1ccc(-c2ncn[nH]2)cc1)N1CCC[C@H](CCc2ccccc2F)C1. The minimum atomic E-state index is -0.141. The molecule has 0 aliphatic carbocycles. The summed E-state index contributed by atoms with van der Waals surface area (Å²) in [6, 6.07) is 14.4. The second kappa shape index (κ2) is 8.33. The standard InChI is InChI=1S/C22H23FN4O/c23-20-6-2-1-5-17(20)8-7-16-4-3-13-27(14-16)22(28)19-11-9-18(10-12-19)21-24-15-25-26-21/h1-2,5-6,9-12,15-16H,3-4,7-8,13-14H2,(H,24,25,26)/t16-/m1/s1. The first-order valence-electron chi connectivity index (χ1n) is 9.69. The Morgan fingerprint density at radius 1 is 1.18 bits per heavy atom. The fourth-order valence-corrected chi connectivity index (χ4v) is 3.84. The zero-order valence-corrected chi connectivity index (χ0v) is 15.6. The van der Waals surface area contributed by atoms with Crippen LogP contribution in [0.5, 0.6) is 0 Å². The van der Waals surface area contributed by atoms with Crippen molar-refractivity contribution in [2.24, 2.45) is 5.92 Å². The Kier molecular flexibility index (Phi) is 5.46. The number of hydrogen-bond donors (Lipinski definition) is 1. The topological polar surface area (TPSA) is 61.9 Å². The molecular weight excluding hydrogens is 355 g/mol. The van der Waals surface area contributed by atoms with Crippen molar-refractivity contribution in [1.82, 2.24) is 20.1 Å². The van der Waals surface area contributed by atoms with E-state index in [4.69, 9.17) is 0 Å². The van der Waals surface area contributed by atoms with E-state index >= 15 is 0 Å². The zero-order valence-electron chi connectivity index (χ0n) is 15.6. The largest absolute Gasteiger partial charge is 0.338 e. The van der Waals surface area contributed by atoms with Gasteiger partial charge in [0, 0.05) is 24.2 Å². The monoisotopic (exact) mass is 378 g/mol. The molecule has 1 aromatic heterocycles. The minimum Gasteiger partial charge on any atom is -0.338 e. The van der Waals surface area contributed by atoms with Crippen molar-refractivity contribution in [3.8, 4) is 11.4 Å². The minimum absolute atomic E-state index is 0.0553. The Hall–Kier alpha value is -3.02. The second-order valence-corrected chi connectivity index (χ2v) is 7.30. The molecule has 1 N–H and O–H groups in total. The van der Waals surface area contributed by atoms with Gasteiger partial charge in [-0.25, -0.2) is 9.37 Å². The highest BCUT2D eigenvalue weighted by atomic mass is 19.1. The maximum atomic E-state index is 13.8. The number of amides is 1. The molecule has 2 heterocycles. The van der Waals surface area contributed by atoms with Crippen LogP contribution in [-0.2, 0) is 6.42 Å². The number of nitrogens with zero attached hydrogens (tertiary/aromatic N) is 3. The lowest BCUT2D eigenvalue weighted by Crippen LogP contribution is -2.40. The van der Waals surface area contributed by atoms with Gasteiger partial charge in [-0.3, -0.25) is 9.89 Å². The van der Waals surface area contributed by atoms with Crippen molar-refractivity contribution in [3.05, 3.63) is 71.8 Å². The molecule has 5 nitrogen and oxygen atoms in total. The molecule has 0 radical (unpaired) electrons. The van der Waals surface area contributed by atoms with Crippen molar-refractivity contribution in [3.63, 3.8) is 0 Å². The van der Waals surface area contributed by atoms with E-state index < -0.39 is 0 Å². The highest BCUT2D eigenvalue weighted by Gasteiger charge is 2.24. The van der Waals surface area contributed by atoms with Crippen LogP contribution >= 0.6 is 0 Å². The average molecular weight is 378 g/mol. The van der Waals surface area contributed by atoms with E-state index in [1.54, 1.807) is 6.07 Å². The number of halogens is 1. The van der Waals surface area contributed by atoms with Crippen LogP contribution in [0.15, 0.2) is 54.9 Å². The van der Waals surface area contributed by atoms with Crippen LogP contribution in [0.3, 0.4) is 0 Å². The normalized spacial score (nSPS) is 16.9. The summed E-state index contributed by atoms with van der Waals surface area (Å²) in [6.07, 6.45) is 5.15. The number of hydrogen-bond acceptors (Lipinski definition) is 3. The lowest BCUT2D eigenvalue weighted by molar-refractivity contribution is 0.0668. The Morgan fingerprint density at radius 3 is 2.75 bits per heavy atom. The number of H-pyrrole nitrogens is 1. The van der Waals surface area contributed by atoms with Crippen LogP contribution in [0.25, 0.3) is 11.4 Å². The molecule has 1 aliphatic heterocycles. The molecule has 28 heavy (non-hydrogen) atoms. The van der Waals surface area contributed by atoms with Crippen LogP contribution < -0.4 is 0 Å². The lowest BCUT2D eigenvalue weighted by atomic mass is 9.91. The van der Waals surface area contributed by atoms with Gasteiger partial charge in [-0.1, -0.05) is 30.3 Å². The number of aryl methyl sites for hydroxylation is 1. The van der Waals surface area contributed by atoms with Gasteiger partial charge in [-0.15, -0.1) is 0 Å². The number of aromatic amines is 1. The number of carbonyl (C=O) groups excluding carboxylic acids is 1. The number of piperidine rings is 1. The van der Waals surface area contributed by atoms with E-state index in [2.05, 4.69) is 15.2 Å².